The minimum absolute atomic E-state index is 0.0809. The van der Waals surface area contributed by atoms with Crippen LogP contribution in [0.4, 0.5) is 45.5 Å². The lowest BCUT2D eigenvalue weighted by Crippen LogP contribution is -2.36. The minimum Gasteiger partial charge on any atom is -0.334 e. The molecule has 0 bridgehead atoms. The molecule has 1 unspecified atom stereocenters. The van der Waals surface area contributed by atoms with Gasteiger partial charge < -0.3 is 14.7 Å². The van der Waals surface area contributed by atoms with Gasteiger partial charge in [0.15, 0.2) is 0 Å². The molecule has 70 heavy (non-hydrogen) atoms. The Morgan fingerprint density at radius 1 is 0.457 bits per heavy atom. The molecule has 0 fully saturated rings. The van der Waals surface area contributed by atoms with Crippen molar-refractivity contribution in [3.05, 3.63) is 277 Å². The van der Waals surface area contributed by atoms with Crippen LogP contribution >= 0.6 is 0 Å². The van der Waals surface area contributed by atoms with Crippen LogP contribution in [0.15, 0.2) is 243 Å². The van der Waals surface area contributed by atoms with E-state index in [9.17, 15) is 0 Å². The summed E-state index contributed by atoms with van der Waals surface area (Å²) in [6, 6.07) is 84.6. The Hall–Kier alpha value is -8.66. The first-order valence-electron chi connectivity index (χ1n) is 24.4. The average Bonchev–Trinajstić information content (AvgIpc) is 3.42. The maximum atomic E-state index is 5.05. The van der Waals surface area contributed by atoms with Gasteiger partial charge in [0.2, 0.25) is 0 Å². The first-order chi connectivity index (χ1) is 34.4. The quantitative estimate of drug-likeness (QED) is 0.150. The number of anilines is 8. The summed E-state index contributed by atoms with van der Waals surface area (Å²) < 4.78 is 0. The van der Waals surface area contributed by atoms with Crippen molar-refractivity contribution in [2.24, 2.45) is 0 Å². The SMILES string of the molecule is C=C1c2cc(N(c3ccc(-c4ccccc4)cc3)c3ccc4ccccc4c3)ccc2N2c3ccccc3C(C)(C)c3cc(N(c4ccc(-c5ccccc5)cc4)C4C=Cc5ccccc5C4)cc1c32. The number of rotatable bonds is 8. The molecule has 1 aliphatic carbocycles. The third-order valence-corrected chi connectivity index (χ3v) is 15.0. The lowest BCUT2D eigenvalue weighted by Gasteiger charge is -2.47. The van der Waals surface area contributed by atoms with Gasteiger partial charge in [-0.25, -0.2) is 0 Å². The van der Waals surface area contributed by atoms with Gasteiger partial charge in [0.05, 0.1) is 23.1 Å². The molecule has 0 saturated heterocycles. The van der Waals surface area contributed by atoms with Crippen LogP contribution in [-0.4, -0.2) is 6.04 Å². The highest BCUT2D eigenvalue weighted by Gasteiger charge is 2.42. The summed E-state index contributed by atoms with van der Waals surface area (Å²) in [5.41, 5.74) is 22.1. The molecule has 3 heteroatoms. The van der Waals surface area contributed by atoms with Crippen molar-refractivity contribution in [1.29, 1.82) is 0 Å². The lowest BCUT2D eigenvalue weighted by atomic mass is 9.70. The van der Waals surface area contributed by atoms with Crippen LogP contribution in [0, 0.1) is 0 Å². The Labute approximate surface area is 411 Å². The Bertz CT molecular complexity index is 3680. The number of hydrogen-bond acceptors (Lipinski definition) is 3. The Morgan fingerprint density at radius 3 is 1.77 bits per heavy atom. The van der Waals surface area contributed by atoms with Gasteiger partial charge in [0.1, 0.15) is 0 Å². The van der Waals surface area contributed by atoms with Crippen molar-refractivity contribution < 1.29 is 0 Å². The van der Waals surface area contributed by atoms with Crippen LogP contribution < -0.4 is 14.7 Å². The molecule has 0 amide bonds. The van der Waals surface area contributed by atoms with Crippen LogP contribution in [0.5, 0.6) is 0 Å². The van der Waals surface area contributed by atoms with Crippen molar-refractivity contribution in [2.45, 2.75) is 31.7 Å². The molecule has 2 aliphatic heterocycles. The van der Waals surface area contributed by atoms with Crippen molar-refractivity contribution in [2.75, 3.05) is 14.7 Å². The van der Waals surface area contributed by atoms with Crippen LogP contribution in [-0.2, 0) is 11.8 Å². The van der Waals surface area contributed by atoms with Gasteiger partial charge in [-0.15, -0.1) is 0 Å². The van der Waals surface area contributed by atoms with Gasteiger partial charge >= 0.3 is 0 Å². The zero-order chi connectivity index (χ0) is 46.9. The molecule has 0 radical (unpaired) electrons. The standard InChI is InChI=1S/C67H51N3/c1-45-60-42-58(68(56-36-30-48-20-10-12-22-52(48)40-56)54-32-26-50(27-33-54)46-16-6-4-7-17-46)38-39-64(60)70-65-25-15-14-24-62(65)67(2,3)63-44-59(43-61(45)66(63)70)69(57-37-31-49-21-11-13-23-53(49)41-57)55-34-28-51(29-35-55)47-18-8-5-9-19-47/h4-40,42-44,57H,1,41H2,2-3H3. The minimum atomic E-state index is -0.304. The molecule has 0 saturated carbocycles. The Morgan fingerprint density at radius 2 is 1.03 bits per heavy atom. The van der Waals surface area contributed by atoms with Crippen molar-refractivity contribution in [3.8, 4) is 22.3 Å². The molecule has 10 aromatic carbocycles. The second-order valence-electron chi connectivity index (χ2n) is 19.4. The third-order valence-electron chi connectivity index (χ3n) is 15.0. The van der Waals surface area contributed by atoms with E-state index in [2.05, 4.69) is 271 Å². The van der Waals surface area contributed by atoms with E-state index in [-0.39, 0.29) is 11.5 Å². The van der Waals surface area contributed by atoms with E-state index in [4.69, 9.17) is 6.58 Å². The Balaban J connectivity index is 0.990. The van der Waals surface area contributed by atoms with Gasteiger partial charge in [0.25, 0.3) is 0 Å². The lowest BCUT2D eigenvalue weighted by molar-refractivity contribution is 0.630. The normalized spacial score (nSPS) is 14.9. The summed E-state index contributed by atoms with van der Waals surface area (Å²) in [4.78, 5) is 7.49. The van der Waals surface area contributed by atoms with Gasteiger partial charge in [-0.1, -0.05) is 190 Å². The number of fused-ring (bicyclic) bond motifs is 6. The van der Waals surface area contributed by atoms with E-state index in [0.717, 1.165) is 57.2 Å². The van der Waals surface area contributed by atoms with Crippen molar-refractivity contribution in [3.63, 3.8) is 0 Å². The molecular formula is C67H51N3. The summed E-state index contributed by atoms with van der Waals surface area (Å²) in [6.07, 6.45) is 5.60. The molecule has 1 atom stereocenters. The predicted octanol–water partition coefficient (Wildman–Crippen LogP) is 17.9. The van der Waals surface area contributed by atoms with E-state index in [1.54, 1.807) is 0 Å². The molecule has 2 heterocycles. The van der Waals surface area contributed by atoms with Gasteiger partial charge in [-0.3, -0.25) is 0 Å². The van der Waals surface area contributed by atoms with E-state index < -0.39 is 0 Å². The highest BCUT2D eigenvalue weighted by Crippen LogP contribution is 2.60. The molecule has 10 aromatic rings. The molecule has 3 aliphatic rings. The van der Waals surface area contributed by atoms with E-state index in [1.807, 2.05) is 0 Å². The highest BCUT2D eigenvalue weighted by molar-refractivity contribution is 6.06. The van der Waals surface area contributed by atoms with Crippen LogP contribution in [0.2, 0.25) is 0 Å². The van der Waals surface area contributed by atoms with Gasteiger partial charge in [-0.05, 0) is 140 Å². The number of benzene rings is 10. The van der Waals surface area contributed by atoms with E-state index >= 15 is 0 Å². The van der Waals surface area contributed by atoms with Gasteiger partial charge in [0, 0.05) is 45.0 Å². The zero-order valence-corrected chi connectivity index (χ0v) is 39.4. The summed E-state index contributed by atoms with van der Waals surface area (Å²) in [7, 11) is 0. The fraction of sp³-hybridized carbons (Fsp3) is 0.0746. The topological polar surface area (TPSA) is 9.72 Å². The molecule has 0 aromatic heterocycles. The third kappa shape index (κ3) is 6.88. The van der Waals surface area contributed by atoms with Crippen LogP contribution in [0.3, 0.4) is 0 Å². The predicted molar refractivity (Wildman–Crippen MR) is 296 cm³/mol. The molecular weight excluding hydrogens is 847 g/mol. The first kappa shape index (κ1) is 41.5. The van der Waals surface area contributed by atoms with Crippen LogP contribution in [0.25, 0.3) is 44.7 Å². The fourth-order valence-electron chi connectivity index (χ4n) is 11.4. The number of para-hydroxylation sites is 1. The second kappa shape index (κ2) is 16.5. The molecule has 3 nitrogen and oxygen atoms in total. The average molecular weight is 898 g/mol. The van der Waals surface area contributed by atoms with Gasteiger partial charge in [-0.2, -0.15) is 0 Å². The molecule has 0 N–H and O–H groups in total. The smallest absolute Gasteiger partial charge is 0.0582 e. The van der Waals surface area contributed by atoms with E-state index in [0.29, 0.717) is 0 Å². The molecule has 334 valence electrons. The van der Waals surface area contributed by atoms with Crippen LogP contribution in [0.1, 0.15) is 47.2 Å². The maximum Gasteiger partial charge on any atom is 0.0582 e. The Kier molecular flexibility index (Phi) is 9.81. The van der Waals surface area contributed by atoms with E-state index in [1.165, 1.54) is 66.7 Å². The monoisotopic (exact) mass is 897 g/mol. The molecule has 0 spiro atoms. The molecule has 13 rings (SSSR count). The summed E-state index contributed by atoms with van der Waals surface area (Å²) >= 11 is 0. The summed E-state index contributed by atoms with van der Waals surface area (Å²) in [5.74, 6) is 0. The first-order valence-corrected chi connectivity index (χ1v) is 24.4. The highest BCUT2D eigenvalue weighted by atomic mass is 15.2. The largest absolute Gasteiger partial charge is 0.334 e. The zero-order valence-electron chi connectivity index (χ0n) is 39.4. The number of hydrogen-bond donors (Lipinski definition) is 0. The van der Waals surface area contributed by atoms with Crippen molar-refractivity contribution >= 4 is 67.9 Å². The number of nitrogens with zero attached hydrogens (tertiary/aromatic N) is 3. The second-order valence-corrected chi connectivity index (χ2v) is 19.4. The fourth-order valence-corrected chi connectivity index (χ4v) is 11.4. The van der Waals surface area contributed by atoms with Crippen molar-refractivity contribution in [1.82, 2.24) is 0 Å². The maximum absolute atomic E-state index is 5.05. The summed E-state index contributed by atoms with van der Waals surface area (Å²) in [5, 5.41) is 2.42. The summed E-state index contributed by atoms with van der Waals surface area (Å²) in [6.45, 7) is 9.84.